The van der Waals surface area contributed by atoms with E-state index >= 15 is 0 Å². The largest absolute Gasteiger partial charge is 0.482 e. The lowest BCUT2D eigenvalue weighted by atomic mass is 9.92. The fourth-order valence-electron chi connectivity index (χ4n) is 3.35. The predicted octanol–water partition coefficient (Wildman–Crippen LogP) is 6.13. The number of hydrogen-bond acceptors (Lipinski definition) is 3. The van der Waals surface area contributed by atoms with Crippen LogP contribution in [0.2, 0.25) is 0 Å². The zero-order chi connectivity index (χ0) is 19.4. The van der Waals surface area contributed by atoms with Crippen LogP contribution in [0.5, 0.6) is 5.75 Å². The molecule has 0 bridgehead atoms. The normalized spacial score (nSPS) is 19.8. The summed E-state index contributed by atoms with van der Waals surface area (Å²) < 4.78 is 11.7. The molecule has 2 aromatic rings. The van der Waals surface area contributed by atoms with Crippen LogP contribution < -0.4 is 10.4 Å². The minimum Gasteiger partial charge on any atom is -0.482 e. The lowest BCUT2D eigenvalue weighted by molar-refractivity contribution is 0.115. The van der Waals surface area contributed by atoms with Crippen molar-refractivity contribution in [3.63, 3.8) is 0 Å². The Morgan fingerprint density at radius 2 is 2.00 bits per heavy atom. The lowest BCUT2D eigenvalue weighted by Crippen LogP contribution is -2.36. The molecule has 3 heteroatoms. The monoisotopic (exact) mass is 364 g/mol. The summed E-state index contributed by atoms with van der Waals surface area (Å²) in [6, 6.07) is 7.55. The minimum atomic E-state index is -0.430. The Morgan fingerprint density at radius 3 is 2.78 bits per heavy atom. The fourth-order valence-corrected chi connectivity index (χ4v) is 3.35. The van der Waals surface area contributed by atoms with Crippen molar-refractivity contribution in [2.75, 3.05) is 0 Å². The summed E-state index contributed by atoms with van der Waals surface area (Å²) in [5.74, 6) is 0.671. The summed E-state index contributed by atoms with van der Waals surface area (Å²) in [4.78, 5) is 12.3. The van der Waals surface area contributed by atoms with E-state index in [-0.39, 0.29) is 5.63 Å². The first kappa shape index (κ1) is 19.2. The number of fused-ring (bicyclic) bond motifs is 3. The third kappa shape index (κ3) is 4.60. The Labute approximate surface area is 161 Å². The highest BCUT2D eigenvalue weighted by molar-refractivity contribution is 5.84. The van der Waals surface area contributed by atoms with Gasteiger partial charge in [-0.15, -0.1) is 0 Å². The second-order valence-corrected chi connectivity index (χ2v) is 7.80. The summed E-state index contributed by atoms with van der Waals surface area (Å²) in [6.45, 7) is 8.48. The average molecular weight is 364 g/mol. The first-order valence-corrected chi connectivity index (χ1v) is 9.60. The third-order valence-corrected chi connectivity index (χ3v) is 4.98. The Bertz CT molecular complexity index is 971. The fraction of sp³-hybridized carbons (Fsp3) is 0.375. The molecule has 2 heterocycles. The zero-order valence-corrected chi connectivity index (χ0v) is 16.7. The van der Waals surface area contributed by atoms with Gasteiger partial charge in [0.15, 0.2) is 0 Å². The SMILES string of the molecule is CC(C)=CCC/C(C)=C/C=C\C1(C)CCc2c(c3ccccc3oc2=O)O1. The van der Waals surface area contributed by atoms with Crippen molar-refractivity contribution in [3.8, 4) is 5.75 Å². The number of rotatable bonds is 5. The number of hydrogen-bond donors (Lipinski definition) is 0. The van der Waals surface area contributed by atoms with Crippen LogP contribution >= 0.6 is 0 Å². The zero-order valence-electron chi connectivity index (χ0n) is 16.7. The van der Waals surface area contributed by atoms with Crippen molar-refractivity contribution in [2.24, 2.45) is 0 Å². The molecule has 1 unspecified atom stereocenters. The second kappa shape index (κ2) is 7.99. The van der Waals surface area contributed by atoms with Gasteiger partial charge in [-0.2, -0.15) is 0 Å². The summed E-state index contributed by atoms with van der Waals surface area (Å²) in [5.41, 5.74) is 3.20. The molecular weight excluding hydrogens is 336 g/mol. The minimum absolute atomic E-state index is 0.287. The lowest BCUT2D eigenvalue weighted by Gasteiger charge is -2.33. The molecule has 3 nitrogen and oxygen atoms in total. The summed E-state index contributed by atoms with van der Waals surface area (Å²) >= 11 is 0. The second-order valence-electron chi connectivity index (χ2n) is 7.80. The Kier molecular flexibility index (Phi) is 5.69. The quantitative estimate of drug-likeness (QED) is 0.364. The van der Waals surface area contributed by atoms with E-state index in [1.807, 2.05) is 18.2 Å². The number of benzene rings is 1. The maximum Gasteiger partial charge on any atom is 0.343 e. The topological polar surface area (TPSA) is 39.4 Å². The van der Waals surface area contributed by atoms with E-state index in [1.54, 1.807) is 6.07 Å². The van der Waals surface area contributed by atoms with E-state index in [9.17, 15) is 4.79 Å². The van der Waals surface area contributed by atoms with Crippen LogP contribution in [0.4, 0.5) is 0 Å². The van der Waals surface area contributed by atoms with Gasteiger partial charge in [0.05, 0.1) is 10.9 Å². The van der Waals surface area contributed by atoms with Crippen molar-refractivity contribution in [3.05, 3.63) is 75.7 Å². The van der Waals surface area contributed by atoms with Gasteiger partial charge in [-0.25, -0.2) is 4.79 Å². The predicted molar refractivity (Wildman–Crippen MR) is 111 cm³/mol. The molecular formula is C24H28O3. The Balaban J connectivity index is 1.80. The van der Waals surface area contributed by atoms with Crippen LogP contribution in [0, 0.1) is 0 Å². The molecule has 0 fully saturated rings. The molecule has 1 aliphatic heterocycles. The molecule has 0 amide bonds. The van der Waals surface area contributed by atoms with Gasteiger partial charge in [-0.05, 0) is 71.6 Å². The van der Waals surface area contributed by atoms with Gasteiger partial charge in [-0.3, -0.25) is 0 Å². The van der Waals surface area contributed by atoms with Gasteiger partial charge >= 0.3 is 5.63 Å². The van der Waals surface area contributed by atoms with Crippen molar-refractivity contribution in [1.82, 2.24) is 0 Å². The summed E-state index contributed by atoms with van der Waals surface area (Å²) in [6.07, 6.45) is 12.1. The van der Waals surface area contributed by atoms with E-state index in [0.717, 1.165) is 24.6 Å². The molecule has 1 aliphatic rings. The van der Waals surface area contributed by atoms with Crippen LogP contribution in [0.25, 0.3) is 11.0 Å². The highest BCUT2D eigenvalue weighted by atomic mass is 16.5. The molecule has 0 saturated carbocycles. The molecule has 0 spiro atoms. The number of allylic oxidation sites excluding steroid dienone is 5. The van der Waals surface area contributed by atoms with Crippen molar-refractivity contribution >= 4 is 11.0 Å². The third-order valence-electron chi connectivity index (χ3n) is 4.98. The van der Waals surface area contributed by atoms with E-state index in [2.05, 4.69) is 52.0 Å². The highest BCUT2D eigenvalue weighted by Crippen LogP contribution is 2.37. The van der Waals surface area contributed by atoms with Crippen LogP contribution in [0.3, 0.4) is 0 Å². The van der Waals surface area contributed by atoms with Crippen LogP contribution in [0.15, 0.2) is 68.9 Å². The number of para-hydroxylation sites is 1. The van der Waals surface area contributed by atoms with E-state index in [0.29, 0.717) is 23.3 Å². The summed E-state index contributed by atoms with van der Waals surface area (Å²) in [7, 11) is 0. The van der Waals surface area contributed by atoms with Gasteiger partial charge in [0, 0.05) is 0 Å². The molecule has 0 saturated heterocycles. The maximum absolute atomic E-state index is 12.3. The molecule has 0 aliphatic carbocycles. The van der Waals surface area contributed by atoms with E-state index in [1.165, 1.54) is 11.1 Å². The van der Waals surface area contributed by atoms with Crippen LogP contribution in [0.1, 0.15) is 52.5 Å². The van der Waals surface area contributed by atoms with Gasteiger partial charge < -0.3 is 9.15 Å². The smallest absolute Gasteiger partial charge is 0.343 e. The molecule has 0 N–H and O–H groups in total. The molecule has 3 rings (SSSR count). The first-order chi connectivity index (χ1) is 12.9. The molecule has 0 radical (unpaired) electrons. The van der Waals surface area contributed by atoms with Crippen LogP contribution in [-0.4, -0.2) is 5.60 Å². The van der Waals surface area contributed by atoms with Gasteiger partial charge in [0.2, 0.25) is 0 Å². The first-order valence-electron chi connectivity index (χ1n) is 9.60. The van der Waals surface area contributed by atoms with Gasteiger partial charge in [-0.1, -0.05) is 41.5 Å². The molecule has 1 atom stereocenters. The van der Waals surface area contributed by atoms with E-state index < -0.39 is 5.60 Å². The molecule has 1 aromatic carbocycles. The standard InChI is InChI=1S/C24H28O3/c1-17(2)9-7-10-18(3)11-8-15-24(4)16-14-20-22(27-24)19-12-5-6-13-21(19)26-23(20)25/h5-6,8-9,11-13,15H,7,10,14,16H2,1-4H3/b15-8-,18-11+. The molecule has 142 valence electrons. The highest BCUT2D eigenvalue weighted by Gasteiger charge is 2.32. The van der Waals surface area contributed by atoms with Gasteiger partial charge in [0.1, 0.15) is 16.9 Å². The van der Waals surface area contributed by atoms with Crippen molar-refractivity contribution < 1.29 is 9.15 Å². The van der Waals surface area contributed by atoms with Crippen molar-refractivity contribution in [2.45, 2.75) is 59.0 Å². The van der Waals surface area contributed by atoms with Crippen molar-refractivity contribution in [1.29, 1.82) is 0 Å². The molecule has 27 heavy (non-hydrogen) atoms. The average Bonchev–Trinajstić information content (AvgIpc) is 2.61. The molecule has 1 aromatic heterocycles. The number of ether oxygens (including phenoxy) is 1. The van der Waals surface area contributed by atoms with E-state index in [4.69, 9.17) is 9.15 Å². The Hall–Kier alpha value is -2.55. The van der Waals surface area contributed by atoms with Crippen LogP contribution in [-0.2, 0) is 6.42 Å². The summed E-state index contributed by atoms with van der Waals surface area (Å²) in [5, 5.41) is 0.861. The maximum atomic E-state index is 12.3. The Morgan fingerprint density at radius 1 is 1.22 bits per heavy atom. The van der Waals surface area contributed by atoms with Gasteiger partial charge in [0.25, 0.3) is 0 Å².